The molecule has 0 unspecified atom stereocenters. The fourth-order valence-electron chi connectivity index (χ4n) is 7.26. The molecule has 0 spiro atoms. The Bertz CT molecular complexity index is 2510. The van der Waals surface area contributed by atoms with Gasteiger partial charge in [0.2, 0.25) is 0 Å². The SMILES string of the molecule is c1ccc(-c2ccc3cc(-c4cccc(-c5c6ccccc6c(-c6cccc7ccccc67)c6ccccc56)c4)ccc3c2)cc1. The van der Waals surface area contributed by atoms with E-state index in [4.69, 9.17) is 0 Å². The normalized spacial score (nSPS) is 11.5. The second-order valence-corrected chi connectivity index (χ2v) is 12.1. The van der Waals surface area contributed by atoms with Crippen LogP contribution in [0.15, 0.2) is 182 Å². The molecule has 9 aromatic carbocycles. The molecular formula is C46H30. The summed E-state index contributed by atoms with van der Waals surface area (Å²) in [4.78, 5) is 0. The van der Waals surface area contributed by atoms with Crippen molar-refractivity contribution >= 4 is 43.1 Å². The highest BCUT2D eigenvalue weighted by molar-refractivity contribution is 6.23. The Morgan fingerprint density at radius 3 is 1.35 bits per heavy atom. The van der Waals surface area contributed by atoms with E-state index in [0.717, 1.165) is 0 Å². The van der Waals surface area contributed by atoms with Gasteiger partial charge < -0.3 is 0 Å². The molecule has 0 amide bonds. The van der Waals surface area contributed by atoms with Gasteiger partial charge in [-0.1, -0.05) is 164 Å². The highest BCUT2D eigenvalue weighted by Crippen LogP contribution is 2.45. The van der Waals surface area contributed by atoms with E-state index in [1.165, 1.54) is 87.6 Å². The Kier molecular flexibility index (Phi) is 6.25. The fraction of sp³-hybridized carbons (Fsp3) is 0. The summed E-state index contributed by atoms with van der Waals surface area (Å²) < 4.78 is 0. The molecule has 0 fully saturated rings. The highest BCUT2D eigenvalue weighted by atomic mass is 14.2. The number of hydrogen-bond donors (Lipinski definition) is 0. The molecule has 0 heterocycles. The van der Waals surface area contributed by atoms with Crippen LogP contribution < -0.4 is 0 Å². The Morgan fingerprint density at radius 2 is 0.674 bits per heavy atom. The summed E-state index contributed by atoms with van der Waals surface area (Å²) in [7, 11) is 0. The molecule has 0 saturated carbocycles. The van der Waals surface area contributed by atoms with E-state index in [2.05, 4.69) is 182 Å². The molecule has 0 radical (unpaired) electrons. The van der Waals surface area contributed by atoms with Crippen molar-refractivity contribution in [1.82, 2.24) is 0 Å². The predicted molar refractivity (Wildman–Crippen MR) is 198 cm³/mol. The summed E-state index contributed by atoms with van der Waals surface area (Å²) in [6, 6.07) is 66.5. The molecule has 0 nitrogen and oxygen atoms in total. The van der Waals surface area contributed by atoms with Crippen molar-refractivity contribution in [2.24, 2.45) is 0 Å². The van der Waals surface area contributed by atoms with Gasteiger partial charge in [0.1, 0.15) is 0 Å². The first kappa shape index (κ1) is 26.4. The third-order valence-electron chi connectivity index (χ3n) is 9.42. The molecular weight excluding hydrogens is 553 g/mol. The van der Waals surface area contributed by atoms with Gasteiger partial charge in [-0.15, -0.1) is 0 Å². The van der Waals surface area contributed by atoms with Crippen LogP contribution in [0.2, 0.25) is 0 Å². The maximum absolute atomic E-state index is 2.37. The minimum Gasteiger partial charge on any atom is -0.0622 e. The second kappa shape index (κ2) is 10.9. The zero-order valence-corrected chi connectivity index (χ0v) is 25.3. The van der Waals surface area contributed by atoms with Crippen molar-refractivity contribution in [3.8, 4) is 44.5 Å². The van der Waals surface area contributed by atoms with Gasteiger partial charge in [0.25, 0.3) is 0 Å². The molecule has 46 heavy (non-hydrogen) atoms. The topological polar surface area (TPSA) is 0 Å². The lowest BCUT2D eigenvalue weighted by atomic mass is 9.84. The summed E-state index contributed by atoms with van der Waals surface area (Å²) in [6.45, 7) is 0. The lowest BCUT2D eigenvalue weighted by molar-refractivity contribution is 1.62. The van der Waals surface area contributed by atoms with Crippen molar-refractivity contribution in [2.45, 2.75) is 0 Å². The molecule has 0 heteroatoms. The zero-order chi connectivity index (χ0) is 30.5. The first-order valence-corrected chi connectivity index (χ1v) is 15.9. The summed E-state index contributed by atoms with van der Waals surface area (Å²) in [5.41, 5.74) is 10.0. The predicted octanol–water partition coefficient (Wildman–Crippen LogP) is 13.0. The number of rotatable bonds is 4. The Labute approximate surface area is 268 Å². The minimum absolute atomic E-state index is 1.22. The quantitative estimate of drug-likeness (QED) is 0.181. The number of hydrogen-bond acceptors (Lipinski definition) is 0. The summed E-state index contributed by atoms with van der Waals surface area (Å²) in [5.74, 6) is 0. The molecule has 0 atom stereocenters. The maximum Gasteiger partial charge on any atom is -0.00201 e. The van der Waals surface area contributed by atoms with Gasteiger partial charge in [-0.3, -0.25) is 0 Å². The molecule has 0 aliphatic carbocycles. The third-order valence-corrected chi connectivity index (χ3v) is 9.42. The monoisotopic (exact) mass is 582 g/mol. The maximum atomic E-state index is 2.37. The summed E-state index contributed by atoms with van der Waals surface area (Å²) >= 11 is 0. The van der Waals surface area contributed by atoms with Gasteiger partial charge in [0, 0.05) is 0 Å². The van der Waals surface area contributed by atoms with E-state index in [9.17, 15) is 0 Å². The van der Waals surface area contributed by atoms with Crippen molar-refractivity contribution in [3.05, 3.63) is 182 Å². The van der Waals surface area contributed by atoms with Gasteiger partial charge in [-0.05, 0) is 106 Å². The molecule has 0 aromatic heterocycles. The molecule has 0 bridgehead atoms. The number of fused-ring (bicyclic) bond motifs is 4. The van der Waals surface area contributed by atoms with Crippen LogP contribution in [0.25, 0.3) is 87.6 Å². The van der Waals surface area contributed by atoms with E-state index in [-0.39, 0.29) is 0 Å². The Hall–Kier alpha value is -5.98. The minimum atomic E-state index is 1.22. The lowest BCUT2D eigenvalue weighted by Crippen LogP contribution is -1.92. The standard InChI is InChI=1S/C46H30/c1-2-12-31(13-3-1)34-24-25-37-29-35(26-27-36(37)28-34)33-16-10-17-38(30-33)45-41-19-6-8-21-43(41)46(44-22-9-7-20-42(44)45)40-23-11-15-32-14-4-5-18-39(32)40/h1-30H. The molecule has 214 valence electrons. The van der Waals surface area contributed by atoms with Crippen LogP contribution in [0.4, 0.5) is 0 Å². The van der Waals surface area contributed by atoms with Gasteiger partial charge in [-0.2, -0.15) is 0 Å². The molecule has 0 N–H and O–H groups in total. The zero-order valence-electron chi connectivity index (χ0n) is 25.3. The van der Waals surface area contributed by atoms with E-state index >= 15 is 0 Å². The van der Waals surface area contributed by atoms with Gasteiger partial charge in [0.05, 0.1) is 0 Å². The van der Waals surface area contributed by atoms with E-state index in [0.29, 0.717) is 0 Å². The van der Waals surface area contributed by atoms with Crippen LogP contribution in [-0.2, 0) is 0 Å². The second-order valence-electron chi connectivity index (χ2n) is 12.1. The van der Waals surface area contributed by atoms with E-state index in [1.807, 2.05) is 0 Å². The van der Waals surface area contributed by atoms with Gasteiger partial charge in [-0.25, -0.2) is 0 Å². The molecule has 0 aliphatic rings. The summed E-state index contributed by atoms with van der Waals surface area (Å²) in [6.07, 6.45) is 0. The van der Waals surface area contributed by atoms with Crippen molar-refractivity contribution in [1.29, 1.82) is 0 Å². The largest absolute Gasteiger partial charge is 0.0622 e. The average molecular weight is 583 g/mol. The van der Waals surface area contributed by atoms with Crippen LogP contribution in [-0.4, -0.2) is 0 Å². The van der Waals surface area contributed by atoms with Crippen molar-refractivity contribution in [3.63, 3.8) is 0 Å². The van der Waals surface area contributed by atoms with Crippen LogP contribution >= 0.6 is 0 Å². The number of benzene rings is 9. The smallest absolute Gasteiger partial charge is 0.00201 e. The van der Waals surface area contributed by atoms with Gasteiger partial charge in [0.15, 0.2) is 0 Å². The van der Waals surface area contributed by atoms with Crippen LogP contribution in [0.1, 0.15) is 0 Å². The highest BCUT2D eigenvalue weighted by Gasteiger charge is 2.18. The lowest BCUT2D eigenvalue weighted by Gasteiger charge is -2.19. The van der Waals surface area contributed by atoms with Gasteiger partial charge >= 0.3 is 0 Å². The summed E-state index contributed by atoms with van der Waals surface area (Å²) in [5, 5.41) is 10.1. The van der Waals surface area contributed by atoms with E-state index in [1.54, 1.807) is 0 Å². The third kappa shape index (κ3) is 4.38. The van der Waals surface area contributed by atoms with Crippen molar-refractivity contribution in [2.75, 3.05) is 0 Å². The molecule has 9 aromatic rings. The molecule has 0 aliphatic heterocycles. The Morgan fingerprint density at radius 1 is 0.217 bits per heavy atom. The first-order chi connectivity index (χ1) is 22.8. The fourth-order valence-corrected chi connectivity index (χ4v) is 7.26. The molecule has 0 saturated heterocycles. The van der Waals surface area contributed by atoms with Crippen LogP contribution in [0.5, 0.6) is 0 Å². The van der Waals surface area contributed by atoms with Crippen LogP contribution in [0.3, 0.4) is 0 Å². The Balaban J connectivity index is 1.22. The van der Waals surface area contributed by atoms with Crippen molar-refractivity contribution < 1.29 is 0 Å². The average Bonchev–Trinajstić information content (AvgIpc) is 3.13. The first-order valence-electron chi connectivity index (χ1n) is 15.9. The molecule has 9 rings (SSSR count). The van der Waals surface area contributed by atoms with E-state index < -0.39 is 0 Å². The van der Waals surface area contributed by atoms with Crippen LogP contribution in [0, 0.1) is 0 Å².